The fraction of sp³-hybridized carbons (Fsp3) is 0.520. The highest BCUT2D eigenvalue weighted by Gasteiger charge is 2.18. The van der Waals surface area contributed by atoms with E-state index < -0.39 is 6.18 Å². The molecule has 0 aliphatic heterocycles. The van der Waals surface area contributed by atoms with E-state index in [9.17, 15) is 18.0 Å². The molecular formula is C25H36F3N5OS. The summed E-state index contributed by atoms with van der Waals surface area (Å²) in [6, 6.07) is 10.2. The number of halogens is 3. The number of aromatic nitrogens is 1. The van der Waals surface area contributed by atoms with E-state index in [1.807, 2.05) is 24.3 Å². The Bertz CT molecular complexity index is 1020. The molecule has 10 heteroatoms. The molecule has 5 N–H and O–H groups in total. The second-order valence-corrected chi connectivity index (χ2v) is 11.3. The van der Waals surface area contributed by atoms with Crippen LogP contribution in [0.3, 0.4) is 0 Å². The van der Waals surface area contributed by atoms with Crippen LogP contribution in [-0.4, -0.2) is 27.8 Å². The number of nitrogens with one attached hydrogen (secondary N) is 3. The van der Waals surface area contributed by atoms with Crippen LogP contribution in [-0.2, 0) is 6.54 Å². The van der Waals surface area contributed by atoms with Crippen LogP contribution in [0.2, 0.25) is 0 Å². The van der Waals surface area contributed by atoms with Crippen LogP contribution in [0.15, 0.2) is 46.3 Å². The number of aliphatic imine (C=N–C) groups is 1. The molecule has 1 heterocycles. The van der Waals surface area contributed by atoms with E-state index >= 15 is 0 Å². The Balaban J connectivity index is 0.000000784. The first-order valence-corrected chi connectivity index (χ1v) is 12.5. The molecule has 1 aromatic carbocycles. The van der Waals surface area contributed by atoms with Crippen molar-refractivity contribution in [2.75, 3.05) is 5.32 Å². The van der Waals surface area contributed by atoms with Gasteiger partial charge in [0.15, 0.2) is 0 Å². The molecule has 0 radical (unpaired) electrons. The summed E-state index contributed by atoms with van der Waals surface area (Å²) in [4.78, 5) is 19.8. The Hall–Kier alpha value is -2.46. The van der Waals surface area contributed by atoms with Crippen molar-refractivity contribution in [3.63, 3.8) is 0 Å². The van der Waals surface area contributed by atoms with Gasteiger partial charge >= 0.3 is 6.18 Å². The number of H-pyrrole nitrogens is 1. The molecule has 3 rings (SSSR count). The Morgan fingerprint density at radius 3 is 2.43 bits per heavy atom. The van der Waals surface area contributed by atoms with Crippen molar-refractivity contribution in [3.05, 3.63) is 58.0 Å². The zero-order valence-electron chi connectivity index (χ0n) is 20.8. The van der Waals surface area contributed by atoms with Crippen LogP contribution >= 0.6 is 11.9 Å². The average Bonchev–Trinajstić information content (AvgIpc) is 2.73. The number of pyridine rings is 1. The van der Waals surface area contributed by atoms with E-state index in [1.165, 1.54) is 19.3 Å². The standard InChI is InChI=1S/C23H33N5OS.C2H3F3/c1-23(2,3)30-26-15-16-8-7-11-18(14-16)28-21(24)20-19(12-13-25-22(20)29)27-17-9-5-4-6-10-17;1-2(3,4)5/h7-8,11-14,17,26H,4-6,9-10,15H2,1-3H3,(H2,24,28)(H2,25,27,29);1H3. The fourth-order valence-electron chi connectivity index (χ4n) is 3.59. The van der Waals surface area contributed by atoms with Gasteiger partial charge in [0.05, 0.1) is 11.4 Å². The molecule has 1 aromatic heterocycles. The highest BCUT2D eigenvalue weighted by molar-refractivity contribution is 7.98. The number of nitrogens with two attached hydrogens (primary N) is 1. The van der Waals surface area contributed by atoms with Crippen molar-refractivity contribution in [3.8, 4) is 0 Å². The zero-order valence-corrected chi connectivity index (χ0v) is 21.6. The number of hydrogen-bond donors (Lipinski definition) is 4. The number of anilines is 1. The van der Waals surface area contributed by atoms with Crippen LogP contribution in [0.4, 0.5) is 24.5 Å². The van der Waals surface area contributed by atoms with E-state index in [0.717, 1.165) is 36.3 Å². The van der Waals surface area contributed by atoms with Crippen LogP contribution in [0.5, 0.6) is 0 Å². The van der Waals surface area contributed by atoms with Gasteiger partial charge in [-0.15, -0.1) is 0 Å². The second kappa shape index (κ2) is 13.0. The predicted octanol–water partition coefficient (Wildman–Crippen LogP) is 6.26. The summed E-state index contributed by atoms with van der Waals surface area (Å²) in [6.45, 7) is 7.42. The lowest BCUT2D eigenvalue weighted by atomic mass is 9.95. The molecule has 1 fully saturated rings. The lowest BCUT2D eigenvalue weighted by Gasteiger charge is -2.24. The maximum absolute atomic E-state index is 12.5. The number of aromatic amines is 1. The Labute approximate surface area is 209 Å². The second-order valence-electron chi connectivity index (χ2n) is 9.56. The summed E-state index contributed by atoms with van der Waals surface area (Å²) in [7, 11) is 0. The van der Waals surface area contributed by atoms with Crippen LogP contribution in [0.1, 0.15) is 70.9 Å². The molecule has 6 nitrogen and oxygen atoms in total. The maximum atomic E-state index is 12.5. The summed E-state index contributed by atoms with van der Waals surface area (Å²) in [5, 5.41) is 3.52. The summed E-state index contributed by atoms with van der Waals surface area (Å²) in [5.74, 6) is 0.226. The fourth-order valence-corrected chi connectivity index (χ4v) is 4.26. The first-order valence-electron chi connectivity index (χ1n) is 11.7. The molecular weight excluding hydrogens is 475 g/mol. The Kier molecular flexibility index (Phi) is 10.7. The minimum absolute atomic E-state index is 0.149. The normalized spacial score (nSPS) is 15.3. The quantitative estimate of drug-likeness (QED) is 0.200. The van der Waals surface area contributed by atoms with Gasteiger partial charge in [0.1, 0.15) is 11.4 Å². The number of rotatable bonds is 7. The predicted molar refractivity (Wildman–Crippen MR) is 140 cm³/mol. The van der Waals surface area contributed by atoms with Gasteiger partial charge in [-0.25, -0.2) is 4.99 Å². The molecule has 2 aromatic rings. The molecule has 194 valence electrons. The van der Waals surface area contributed by atoms with Gasteiger partial charge < -0.3 is 16.0 Å². The largest absolute Gasteiger partial charge is 0.386 e. The number of amidine groups is 1. The molecule has 35 heavy (non-hydrogen) atoms. The van der Waals surface area contributed by atoms with Crippen molar-refractivity contribution in [2.24, 2.45) is 10.7 Å². The van der Waals surface area contributed by atoms with Gasteiger partial charge in [0, 0.05) is 30.5 Å². The van der Waals surface area contributed by atoms with Crippen molar-refractivity contribution in [1.82, 2.24) is 9.71 Å². The molecule has 0 spiro atoms. The van der Waals surface area contributed by atoms with Gasteiger partial charge in [-0.1, -0.05) is 43.3 Å². The zero-order chi connectivity index (χ0) is 26.1. The van der Waals surface area contributed by atoms with Gasteiger partial charge in [0.25, 0.3) is 5.56 Å². The van der Waals surface area contributed by atoms with E-state index in [0.29, 0.717) is 11.6 Å². The Morgan fingerprint density at radius 1 is 1.14 bits per heavy atom. The molecule has 0 amide bonds. The summed E-state index contributed by atoms with van der Waals surface area (Å²) in [5.41, 5.74) is 9.10. The van der Waals surface area contributed by atoms with Crippen LogP contribution in [0.25, 0.3) is 0 Å². The van der Waals surface area contributed by atoms with E-state index in [-0.39, 0.29) is 23.1 Å². The number of benzene rings is 1. The van der Waals surface area contributed by atoms with E-state index in [2.05, 4.69) is 46.9 Å². The van der Waals surface area contributed by atoms with Crippen molar-refractivity contribution in [2.45, 2.75) is 83.3 Å². The number of alkyl halides is 3. The molecule has 1 aliphatic carbocycles. The molecule has 0 atom stereocenters. The van der Waals surface area contributed by atoms with Crippen molar-refractivity contribution >= 4 is 29.2 Å². The lowest BCUT2D eigenvalue weighted by Crippen LogP contribution is -2.29. The summed E-state index contributed by atoms with van der Waals surface area (Å²) >= 11 is 1.70. The molecule has 0 bridgehead atoms. The van der Waals surface area contributed by atoms with Gasteiger partial charge in [-0.3, -0.25) is 9.52 Å². The van der Waals surface area contributed by atoms with Crippen molar-refractivity contribution < 1.29 is 13.2 Å². The monoisotopic (exact) mass is 511 g/mol. The topological polar surface area (TPSA) is 95.3 Å². The van der Waals surface area contributed by atoms with Gasteiger partial charge in [0.2, 0.25) is 0 Å². The first-order chi connectivity index (χ1) is 16.3. The van der Waals surface area contributed by atoms with Gasteiger partial charge in [-0.2, -0.15) is 13.2 Å². The lowest BCUT2D eigenvalue weighted by molar-refractivity contribution is -0.110. The first kappa shape index (κ1) is 28.8. The Morgan fingerprint density at radius 2 is 1.80 bits per heavy atom. The highest BCUT2D eigenvalue weighted by atomic mass is 32.2. The molecule has 0 unspecified atom stereocenters. The van der Waals surface area contributed by atoms with E-state index in [4.69, 9.17) is 5.73 Å². The third kappa shape index (κ3) is 11.7. The maximum Gasteiger partial charge on any atom is 0.386 e. The molecule has 0 saturated heterocycles. The van der Waals surface area contributed by atoms with Crippen molar-refractivity contribution in [1.29, 1.82) is 0 Å². The third-order valence-corrected chi connectivity index (χ3v) is 5.90. The van der Waals surface area contributed by atoms with Crippen LogP contribution < -0.4 is 21.3 Å². The minimum Gasteiger partial charge on any atom is -0.383 e. The molecule has 1 saturated carbocycles. The van der Waals surface area contributed by atoms with Gasteiger partial charge in [-0.05, 0) is 57.4 Å². The third-order valence-electron chi connectivity index (χ3n) is 5.00. The number of hydrogen-bond acceptors (Lipinski definition) is 5. The van der Waals surface area contributed by atoms with Crippen LogP contribution in [0, 0.1) is 0 Å². The summed E-state index contributed by atoms with van der Waals surface area (Å²) < 4.78 is 34.6. The minimum atomic E-state index is -4.00. The average molecular weight is 512 g/mol. The number of nitrogens with zero attached hydrogens (tertiary/aromatic N) is 1. The SMILES string of the molecule is CC(C)(C)SNCc1cccc(N=C(N)c2c(NC3CCCCC3)cc[nH]c2=O)c1.CC(F)(F)F. The molecule has 1 aliphatic rings. The highest BCUT2D eigenvalue weighted by Crippen LogP contribution is 2.24. The van der Waals surface area contributed by atoms with E-state index in [1.54, 1.807) is 18.1 Å². The smallest absolute Gasteiger partial charge is 0.383 e. The summed E-state index contributed by atoms with van der Waals surface area (Å²) in [6.07, 6.45) is 3.60.